The topological polar surface area (TPSA) is 90.4 Å². The van der Waals surface area contributed by atoms with E-state index in [0.717, 1.165) is 6.42 Å². The minimum absolute atomic E-state index is 0.0239. The first-order valence-electron chi connectivity index (χ1n) is 11.9. The number of carbonyl (C=O) groups is 3. The number of nitrogens with zero attached hydrogens (tertiary/aromatic N) is 3. The Kier molecular flexibility index (Phi) is 6.45. The highest BCUT2D eigenvalue weighted by Gasteiger charge is 2.71. The van der Waals surface area contributed by atoms with Gasteiger partial charge in [0.15, 0.2) is 0 Å². The van der Waals surface area contributed by atoms with Crippen molar-refractivity contribution in [1.82, 2.24) is 14.7 Å². The Balaban J connectivity index is 1.78. The maximum atomic E-state index is 13.8. The van der Waals surface area contributed by atoms with E-state index in [1.807, 2.05) is 45.1 Å². The third-order valence-corrected chi connectivity index (χ3v) is 7.20. The van der Waals surface area contributed by atoms with Gasteiger partial charge in [0.05, 0.1) is 17.9 Å². The van der Waals surface area contributed by atoms with E-state index in [9.17, 15) is 19.5 Å². The lowest BCUT2D eigenvalue weighted by Gasteiger charge is -2.36. The summed E-state index contributed by atoms with van der Waals surface area (Å²) in [6.07, 6.45) is 9.08. The van der Waals surface area contributed by atoms with Crippen LogP contribution in [0.4, 0.5) is 0 Å². The normalized spacial score (nSPS) is 34.2. The van der Waals surface area contributed by atoms with Crippen LogP contribution in [0.15, 0.2) is 24.3 Å². The Bertz CT molecular complexity index is 824. The quantitative estimate of drug-likeness (QED) is 0.466. The molecule has 4 rings (SSSR count). The second-order valence-electron chi connectivity index (χ2n) is 9.50. The van der Waals surface area contributed by atoms with E-state index in [-0.39, 0.29) is 30.4 Å². The molecule has 0 aromatic rings. The second kappa shape index (κ2) is 8.98. The molecule has 1 spiro atoms. The van der Waals surface area contributed by atoms with Crippen molar-refractivity contribution in [3.8, 4) is 0 Å². The van der Waals surface area contributed by atoms with Crippen molar-refractivity contribution in [1.29, 1.82) is 0 Å². The third-order valence-electron chi connectivity index (χ3n) is 7.20. The summed E-state index contributed by atoms with van der Waals surface area (Å²) in [7, 11) is 0. The minimum atomic E-state index is -1.15. The number of unbranched alkanes of at least 4 members (excludes halogenated alkanes) is 1. The second-order valence-corrected chi connectivity index (χ2v) is 9.50. The highest BCUT2D eigenvalue weighted by molar-refractivity contribution is 5.99. The van der Waals surface area contributed by atoms with E-state index in [1.165, 1.54) is 0 Å². The van der Waals surface area contributed by atoms with Gasteiger partial charge in [0.25, 0.3) is 0 Å². The molecule has 0 radical (unpaired) electrons. The van der Waals surface area contributed by atoms with Crippen molar-refractivity contribution >= 4 is 17.7 Å². The lowest BCUT2D eigenvalue weighted by Crippen LogP contribution is -2.56. The molecule has 4 aliphatic rings. The standard InChI is InChI=1S/C24H35N3O5/c1-4-11-25-12-7-9-17-18(21(25)29)19-22(30)27(13-5-6-15-28)20-23(31)26(16(2)3)14-8-10-24(19,20)32-17/h7-10,16-20,28H,4-6,11-15H2,1-3H3/t17-,18+,19-,20?,24-/m0/s1. The number of carbonyl (C=O) groups excluding carboxylic acids is 3. The fraction of sp³-hybridized carbons (Fsp3) is 0.708. The van der Waals surface area contributed by atoms with E-state index in [1.54, 1.807) is 14.7 Å². The van der Waals surface area contributed by atoms with E-state index in [2.05, 4.69) is 0 Å². The van der Waals surface area contributed by atoms with Gasteiger partial charge < -0.3 is 24.5 Å². The van der Waals surface area contributed by atoms with Gasteiger partial charge in [-0.1, -0.05) is 31.2 Å². The van der Waals surface area contributed by atoms with Crippen LogP contribution in [-0.2, 0) is 19.1 Å². The largest absolute Gasteiger partial charge is 0.396 e. The Morgan fingerprint density at radius 3 is 2.56 bits per heavy atom. The van der Waals surface area contributed by atoms with Gasteiger partial charge in [0.2, 0.25) is 17.7 Å². The molecule has 2 saturated heterocycles. The van der Waals surface area contributed by atoms with Crippen LogP contribution in [0.3, 0.4) is 0 Å². The summed E-state index contributed by atoms with van der Waals surface area (Å²) in [5, 5.41) is 9.24. The molecule has 1 unspecified atom stereocenters. The Morgan fingerprint density at radius 1 is 1.09 bits per heavy atom. The number of ether oxygens (including phenoxy) is 1. The van der Waals surface area contributed by atoms with Crippen LogP contribution in [0.1, 0.15) is 40.0 Å². The molecule has 4 aliphatic heterocycles. The van der Waals surface area contributed by atoms with Crippen LogP contribution in [-0.4, -0.2) is 94.1 Å². The molecule has 1 N–H and O–H groups in total. The average Bonchev–Trinajstić information content (AvgIpc) is 3.06. The fourth-order valence-corrected chi connectivity index (χ4v) is 5.78. The highest BCUT2D eigenvalue weighted by Crippen LogP contribution is 2.53. The van der Waals surface area contributed by atoms with E-state index < -0.39 is 29.6 Å². The summed E-state index contributed by atoms with van der Waals surface area (Å²) >= 11 is 0. The number of hydrogen-bond acceptors (Lipinski definition) is 5. The van der Waals surface area contributed by atoms with Crippen LogP contribution in [0.2, 0.25) is 0 Å². The molecule has 0 aromatic heterocycles. The monoisotopic (exact) mass is 445 g/mol. The molecule has 8 heteroatoms. The van der Waals surface area contributed by atoms with Gasteiger partial charge in [-0.15, -0.1) is 0 Å². The van der Waals surface area contributed by atoms with Crippen LogP contribution in [0.5, 0.6) is 0 Å². The lowest BCUT2D eigenvalue weighted by molar-refractivity contribution is -0.149. The van der Waals surface area contributed by atoms with Crippen LogP contribution in [0.25, 0.3) is 0 Å². The summed E-state index contributed by atoms with van der Waals surface area (Å²) in [4.78, 5) is 46.4. The molecule has 0 bridgehead atoms. The molecular weight excluding hydrogens is 410 g/mol. The first-order valence-corrected chi connectivity index (χ1v) is 11.9. The van der Waals surface area contributed by atoms with E-state index in [4.69, 9.17) is 4.74 Å². The maximum Gasteiger partial charge on any atom is 0.249 e. The number of amides is 3. The van der Waals surface area contributed by atoms with Crippen LogP contribution < -0.4 is 0 Å². The summed E-state index contributed by atoms with van der Waals surface area (Å²) in [5.41, 5.74) is -1.15. The predicted octanol–water partition coefficient (Wildman–Crippen LogP) is 0.955. The smallest absolute Gasteiger partial charge is 0.249 e. The summed E-state index contributed by atoms with van der Waals surface area (Å²) in [6.45, 7) is 7.92. The molecular formula is C24H35N3O5. The van der Waals surface area contributed by atoms with Crippen molar-refractivity contribution in [2.24, 2.45) is 11.8 Å². The molecule has 176 valence electrons. The van der Waals surface area contributed by atoms with Gasteiger partial charge in [0, 0.05) is 38.8 Å². The molecule has 4 heterocycles. The van der Waals surface area contributed by atoms with Gasteiger partial charge in [-0.3, -0.25) is 14.4 Å². The van der Waals surface area contributed by atoms with Crippen LogP contribution >= 0.6 is 0 Å². The molecule has 0 aliphatic carbocycles. The maximum absolute atomic E-state index is 13.8. The summed E-state index contributed by atoms with van der Waals surface area (Å²) in [5.74, 6) is -1.76. The highest BCUT2D eigenvalue weighted by atomic mass is 16.5. The van der Waals surface area contributed by atoms with Gasteiger partial charge in [0.1, 0.15) is 11.6 Å². The SMILES string of the molecule is CCCN1CC=C[C@@H]2O[C@]34C=CCN(C(C)C)C(=O)C3N(CCCCO)C(=O)[C@@H]4[C@@H]2C1=O. The predicted molar refractivity (Wildman–Crippen MR) is 118 cm³/mol. The van der Waals surface area contributed by atoms with Crippen molar-refractivity contribution < 1.29 is 24.2 Å². The van der Waals surface area contributed by atoms with Gasteiger partial charge in [-0.25, -0.2) is 0 Å². The number of aliphatic hydroxyl groups excluding tert-OH is 1. The minimum Gasteiger partial charge on any atom is -0.396 e. The molecule has 5 atom stereocenters. The molecule has 0 saturated carbocycles. The molecule has 2 fully saturated rings. The first kappa shape index (κ1) is 23.0. The Hall–Kier alpha value is -2.19. The molecule has 3 amide bonds. The summed E-state index contributed by atoms with van der Waals surface area (Å²) < 4.78 is 6.56. The lowest BCUT2D eigenvalue weighted by atomic mass is 9.77. The van der Waals surface area contributed by atoms with Crippen LogP contribution in [0, 0.1) is 11.8 Å². The van der Waals surface area contributed by atoms with E-state index >= 15 is 0 Å². The van der Waals surface area contributed by atoms with Crippen molar-refractivity contribution in [3.63, 3.8) is 0 Å². The van der Waals surface area contributed by atoms with E-state index in [0.29, 0.717) is 39.0 Å². The van der Waals surface area contributed by atoms with Crippen molar-refractivity contribution in [3.05, 3.63) is 24.3 Å². The number of rotatable bonds is 7. The number of hydrogen-bond donors (Lipinski definition) is 1. The zero-order chi connectivity index (χ0) is 23.0. The third kappa shape index (κ3) is 3.48. The van der Waals surface area contributed by atoms with Gasteiger partial charge >= 0.3 is 0 Å². The van der Waals surface area contributed by atoms with Gasteiger partial charge in [-0.2, -0.15) is 0 Å². The zero-order valence-electron chi connectivity index (χ0n) is 19.3. The molecule has 0 aromatic carbocycles. The number of fused-ring (bicyclic) bond motifs is 2. The van der Waals surface area contributed by atoms with Crippen molar-refractivity contribution in [2.75, 3.05) is 32.8 Å². The number of aliphatic hydroxyl groups is 1. The van der Waals surface area contributed by atoms with Gasteiger partial charge in [-0.05, 0) is 33.1 Å². The fourth-order valence-electron chi connectivity index (χ4n) is 5.78. The Morgan fingerprint density at radius 2 is 1.88 bits per heavy atom. The average molecular weight is 446 g/mol. The van der Waals surface area contributed by atoms with Crippen molar-refractivity contribution in [2.45, 2.75) is 63.8 Å². The molecule has 8 nitrogen and oxygen atoms in total. The number of likely N-dealkylation sites (tertiary alicyclic amines) is 1. The summed E-state index contributed by atoms with van der Waals surface area (Å²) in [6, 6.07) is -0.822. The first-order chi connectivity index (χ1) is 15.4. The molecule has 32 heavy (non-hydrogen) atoms. The Labute approximate surface area is 189 Å². The zero-order valence-corrected chi connectivity index (χ0v) is 19.3.